The number of benzene rings is 2. The lowest BCUT2D eigenvalue weighted by atomic mass is 10.2. The van der Waals surface area contributed by atoms with Gasteiger partial charge < -0.3 is 4.90 Å². The minimum Gasteiger partial charge on any atom is -0.339 e. The van der Waals surface area contributed by atoms with Crippen LogP contribution < -0.4 is 0 Å². The summed E-state index contributed by atoms with van der Waals surface area (Å²) >= 11 is 1.46. The van der Waals surface area contributed by atoms with E-state index < -0.39 is 0 Å². The number of para-hydroxylation sites is 1. The van der Waals surface area contributed by atoms with E-state index in [9.17, 15) is 4.79 Å². The molecule has 5 rings (SSSR count). The van der Waals surface area contributed by atoms with Gasteiger partial charge in [0.25, 0.3) is 0 Å². The van der Waals surface area contributed by atoms with Crippen molar-refractivity contribution < 1.29 is 4.79 Å². The molecule has 2 aromatic carbocycles. The second-order valence-electron chi connectivity index (χ2n) is 9.02. The molecule has 1 fully saturated rings. The van der Waals surface area contributed by atoms with Gasteiger partial charge in [0, 0.05) is 50.7 Å². The Hall–Kier alpha value is -3.49. The molecule has 0 radical (unpaired) electrons. The number of hydrogen-bond donors (Lipinski definition) is 0. The van der Waals surface area contributed by atoms with Crippen molar-refractivity contribution >= 4 is 17.7 Å². The molecule has 4 aromatic rings. The van der Waals surface area contributed by atoms with E-state index in [-0.39, 0.29) is 11.2 Å². The van der Waals surface area contributed by atoms with Crippen LogP contribution in [0.2, 0.25) is 0 Å². The van der Waals surface area contributed by atoms with Crippen molar-refractivity contribution in [2.24, 2.45) is 0 Å². The first-order valence-corrected chi connectivity index (χ1v) is 13.1. The number of aromatic nitrogens is 4. The molecule has 3 heterocycles. The maximum Gasteiger partial charge on any atom is 0.235 e. The fraction of sp³-hybridized carbons (Fsp3) is 0.286. The van der Waals surface area contributed by atoms with Gasteiger partial charge in [-0.15, -0.1) is 10.2 Å². The van der Waals surface area contributed by atoms with Crippen molar-refractivity contribution in [3.63, 3.8) is 0 Å². The minimum atomic E-state index is -0.278. The molecule has 0 N–H and O–H groups in total. The van der Waals surface area contributed by atoms with Crippen molar-refractivity contribution in [2.75, 3.05) is 26.2 Å². The number of piperazine rings is 1. The van der Waals surface area contributed by atoms with E-state index >= 15 is 0 Å². The number of rotatable bonds is 7. The molecule has 184 valence electrons. The molecule has 0 aliphatic carbocycles. The van der Waals surface area contributed by atoms with Crippen LogP contribution in [-0.4, -0.2) is 66.9 Å². The molecule has 8 heteroatoms. The molecule has 36 heavy (non-hydrogen) atoms. The first-order valence-electron chi connectivity index (χ1n) is 12.2. The fourth-order valence-electron chi connectivity index (χ4n) is 4.49. The van der Waals surface area contributed by atoms with Crippen molar-refractivity contribution in [3.05, 3.63) is 90.3 Å². The van der Waals surface area contributed by atoms with E-state index in [1.165, 1.54) is 17.3 Å². The predicted molar refractivity (Wildman–Crippen MR) is 143 cm³/mol. The maximum absolute atomic E-state index is 13.4. The Labute approximate surface area is 216 Å². The largest absolute Gasteiger partial charge is 0.339 e. The summed E-state index contributed by atoms with van der Waals surface area (Å²) in [5.74, 6) is 0.857. The molecule has 0 saturated carbocycles. The minimum absolute atomic E-state index is 0.140. The maximum atomic E-state index is 13.4. The number of nitrogens with zero attached hydrogens (tertiary/aromatic N) is 6. The van der Waals surface area contributed by atoms with Crippen LogP contribution in [0.4, 0.5) is 0 Å². The van der Waals surface area contributed by atoms with Crippen LogP contribution in [0.1, 0.15) is 18.1 Å². The van der Waals surface area contributed by atoms with Gasteiger partial charge in [0.15, 0.2) is 11.0 Å². The Morgan fingerprint density at radius 1 is 0.944 bits per heavy atom. The molecular weight excluding hydrogens is 468 g/mol. The quantitative estimate of drug-likeness (QED) is 0.351. The first-order chi connectivity index (χ1) is 17.6. The Morgan fingerprint density at radius 2 is 1.69 bits per heavy atom. The summed E-state index contributed by atoms with van der Waals surface area (Å²) in [5.41, 5.74) is 4.30. The molecule has 1 amide bonds. The van der Waals surface area contributed by atoms with Crippen molar-refractivity contribution in [1.82, 2.24) is 29.5 Å². The fourth-order valence-corrected chi connectivity index (χ4v) is 5.44. The molecule has 7 nitrogen and oxygen atoms in total. The van der Waals surface area contributed by atoms with Crippen LogP contribution in [0.5, 0.6) is 0 Å². The molecule has 0 spiro atoms. The van der Waals surface area contributed by atoms with Crippen LogP contribution in [0.25, 0.3) is 17.1 Å². The number of aryl methyl sites for hydroxylation is 1. The van der Waals surface area contributed by atoms with E-state index in [4.69, 9.17) is 0 Å². The van der Waals surface area contributed by atoms with E-state index in [0.717, 1.165) is 49.5 Å². The van der Waals surface area contributed by atoms with Crippen LogP contribution >= 0.6 is 11.8 Å². The smallest absolute Gasteiger partial charge is 0.235 e. The predicted octanol–water partition coefficient (Wildman–Crippen LogP) is 4.46. The number of thioether (sulfide) groups is 1. The second kappa shape index (κ2) is 11.1. The zero-order chi connectivity index (χ0) is 24.9. The van der Waals surface area contributed by atoms with Crippen molar-refractivity contribution in [1.29, 1.82) is 0 Å². The second-order valence-corrected chi connectivity index (χ2v) is 10.3. The third-order valence-corrected chi connectivity index (χ3v) is 7.50. The summed E-state index contributed by atoms with van der Waals surface area (Å²) in [6, 6.07) is 22.5. The summed E-state index contributed by atoms with van der Waals surface area (Å²) in [5, 5.41) is 9.43. The number of carbonyl (C=O) groups is 1. The highest BCUT2D eigenvalue weighted by molar-refractivity contribution is 8.00. The molecule has 1 aliphatic heterocycles. The third-order valence-electron chi connectivity index (χ3n) is 6.47. The Balaban J connectivity index is 1.30. The number of hydrogen-bond acceptors (Lipinski definition) is 6. The number of pyridine rings is 1. The normalized spacial score (nSPS) is 15.1. The average molecular weight is 499 g/mol. The molecular formula is C28H30N6OS. The Bertz CT molecular complexity index is 1300. The lowest BCUT2D eigenvalue weighted by Crippen LogP contribution is -2.50. The Morgan fingerprint density at radius 3 is 2.42 bits per heavy atom. The topological polar surface area (TPSA) is 67.2 Å². The highest BCUT2D eigenvalue weighted by Gasteiger charge is 2.28. The highest BCUT2D eigenvalue weighted by atomic mass is 32.2. The van der Waals surface area contributed by atoms with Crippen LogP contribution in [-0.2, 0) is 11.3 Å². The van der Waals surface area contributed by atoms with Gasteiger partial charge in [0.05, 0.1) is 10.9 Å². The van der Waals surface area contributed by atoms with Gasteiger partial charge in [0.2, 0.25) is 5.91 Å². The van der Waals surface area contributed by atoms with Gasteiger partial charge in [0.1, 0.15) is 0 Å². The number of carbonyl (C=O) groups excluding carboxylic acids is 1. The Kier molecular flexibility index (Phi) is 7.44. The van der Waals surface area contributed by atoms with E-state index in [0.29, 0.717) is 11.0 Å². The zero-order valence-electron chi connectivity index (χ0n) is 20.6. The van der Waals surface area contributed by atoms with E-state index in [2.05, 4.69) is 63.4 Å². The van der Waals surface area contributed by atoms with Crippen molar-refractivity contribution in [3.8, 4) is 17.1 Å². The lowest BCUT2D eigenvalue weighted by Gasteiger charge is -2.35. The van der Waals surface area contributed by atoms with Gasteiger partial charge in [-0.2, -0.15) is 0 Å². The van der Waals surface area contributed by atoms with Gasteiger partial charge >= 0.3 is 0 Å². The average Bonchev–Trinajstić information content (AvgIpc) is 3.33. The SMILES string of the molecule is Cc1ccccc1-n1c(SC(C)C(=O)N2CCN(Cc3ccccc3)CC2)nnc1-c1cccnc1. The zero-order valence-corrected chi connectivity index (χ0v) is 21.4. The molecule has 1 unspecified atom stereocenters. The van der Waals surface area contributed by atoms with Crippen LogP contribution in [0.3, 0.4) is 0 Å². The highest BCUT2D eigenvalue weighted by Crippen LogP contribution is 2.31. The summed E-state index contributed by atoms with van der Waals surface area (Å²) < 4.78 is 2.04. The van der Waals surface area contributed by atoms with E-state index in [1.54, 1.807) is 12.4 Å². The standard InChI is InChI=1S/C28H30N6OS/c1-21-9-6-7-13-25(21)34-26(24-12-8-14-29-19-24)30-31-28(34)36-22(2)27(35)33-17-15-32(16-18-33)20-23-10-4-3-5-11-23/h3-14,19,22H,15-18,20H2,1-2H3. The van der Waals surface area contributed by atoms with Gasteiger partial charge in [-0.1, -0.05) is 60.3 Å². The first kappa shape index (κ1) is 24.2. The summed E-state index contributed by atoms with van der Waals surface area (Å²) in [6.45, 7) is 8.18. The van der Waals surface area contributed by atoms with Crippen LogP contribution in [0.15, 0.2) is 84.3 Å². The monoisotopic (exact) mass is 498 g/mol. The molecule has 1 aliphatic rings. The van der Waals surface area contributed by atoms with Gasteiger partial charge in [-0.05, 0) is 43.2 Å². The summed E-state index contributed by atoms with van der Waals surface area (Å²) in [6.07, 6.45) is 3.53. The lowest BCUT2D eigenvalue weighted by molar-refractivity contribution is -0.132. The molecule has 0 bridgehead atoms. The molecule has 2 aromatic heterocycles. The third kappa shape index (κ3) is 5.34. The molecule has 1 saturated heterocycles. The van der Waals surface area contributed by atoms with Crippen LogP contribution in [0, 0.1) is 6.92 Å². The van der Waals surface area contributed by atoms with Gasteiger partial charge in [-0.3, -0.25) is 19.2 Å². The van der Waals surface area contributed by atoms with Gasteiger partial charge in [-0.25, -0.2) is 0 Å². The summed E-state index contributed by atoms with van der Waals surface area (Å²) in [4.78, 5) is 22.0. The number of amides is 1. The molecule has 1 atom stereocenters. The van der Waals surface area contributed by atoms with E-state index in [1.807, 2.05) is 46.7 Å². The summed E-state index contributed by atoms with van der Waals surface area (Å²) in [7, 11) is 0. The van der Waals surface area contributed by atoms with Crippen molar-refractivity contribution in [2.45, 2.75) is 30.8 Å².